The van der Waals surface area contributed by atoms with Gasteiger partial charge < -0.3 is 4.79 Å². The van der Waals surface area contributed by atoms with Gasteiger partial charge in [-0.05, 0) is 41.8 Å². The molecule has 22 heavy (non-hydrogen) atoms. The third-order valence-electron chi connectivity index (χ3n) is 3.90. The second kappa shape index (κ2) is 6.01. The normalized spacial score (nSPS) is 12.3. The van der Waals surface area contributed by atoms with Crippen molar-refractivity contribution in [2.75, 3.05) is 0 Å². The number of aryl methyl sites for hydroxylation is 1. The Kier molecular flexibility index (Phi) is 4.08. The third-order valence-corrected chi connectivity index (χ3v) is 4.39. The lowest BCUT2D eigenvalue weighted by atomic mass is 9.88. The number of aromatic nitrogens is 1. The molecule has 0 fully saturated rings. The Morgan fingerprint density at radius 2 is 1.86 bits per heavy atom. The average Bonchev–Trinajstić information content (AvgIpc) is 2.54. The second-order valence-electron chi connectivity index (χ2n) is 5.44. The van der Waals surface area contributed by atoms with Gasteiger partial charge in [0.25, 0.3) is 0 Å². The Bertz CT molecular complexity index is 843. The first-order valence-corrected chi connectivity index (χ1v) is 8.01. The van der Waals surface area contributed by atoms with Crippen LogP contribution in [0.3, 0.4) is 0 Å². The minimum Gasteiger partial charge on any atom is -0.303 e. The van der Waals surface area contributed by atoms with E-state index in [1.807, 2.05) is 44.2 Å². The number of halogens is 1. The number of hydrogen-bond acceptors (Lipinski definition) is 2. The summed E-state index contributed by atoms with van der Waals surface area (Å²) in [5.41, 5.74) is 5.07. The van der Waals surface area contributed by atoms with Crippen LogP contribution in [0, 0.1) is 6.92 Å². The molecule has 0 aliphatic rings. The first-order valence-electron chi connectivity index (χ1n) is 7.22. The number of carbonyl (C=O) groups excluding carboxylic acids is 1. The van der Waals surface area contributed by atoms with Crippen LogP contribution in [0.15, 0.2) is 53.0 Å². The van der Waals surface area contributed by atoms with E-state index >= 15 is 0 Å². The molecule has 0 aliphatic heterocycles. The molecule has 3 heteroatoms. The SMILES string of the molecule is Cc1nc2ccc(Br)cc2c(-c2ccccc2)c1C(C)C=O. The molecule has 110 valence electrons. The van der Waals surface area contributed by atoms with Crippen molar-refractivity contribution in [3.05, 3.63) is 64.3 Å². The zero-order chi connectivity index (χ0) is 15.7. The van der Waals surface area contributed by atoms with E-state index in [0.717, 1.165) is 44.0 Å². The van der Waals surface area contributed by atoms with Crippen LogP contribution in [-0.4, -0.2) is 11.3 Å². The Morgan fingerprint density at radius 3 is 2.55 bits per heavy atom. The number of fused-ring (bicyclic) bond motifs is 1. The number of benzene rings is 2. The molecule has 1 unspecified atom stereocenters. The van der Waals surface area contributed by atoms with Gasteiger partial charge in [0.1, 0.15) is 6.29 Å². The minimum atomic E-state index is -0.189. The predicted octanol–water partition coefficient (Wildman–Crippen LogP) is 5.28. The maximum absolute atomic E-state index is 11.4. The molecular formula is C19H16BrNO. The summed E-state index contributed by atoms with van der Waals surface area (Å²) in [6, 6.07) is 16.3. The largest absolute Gasteiger partial charge is 0.303 e. The molecule has 0 aliphatic carbocycles. The Balaban J connectivity index is 2.47. The number of rotatable bonds is 3. The van der Waals surface area contributed by atoms with Crippen molar-refractivity contribution in [1.29, 1.82) is 0 Å². The van der Waals surface area contributed by atoms with E-state index in [0.29, 0.717) is 0 Å². The lowest BCUT2D eigenvalue weighted by Gasteiger charge is -2.18. The maximum atomic E-state index is 11.4. The van der Waals surface area contributed by atoms with Crippen LogP contribution in [0.4, 0.5) is 0 Å². The molecule has 2 nitrogen and oxygen atoms in total. The quantitative estimate of drug-likeness (QED) is 0.600. The number of nitrogens with zero attached hydrogens (tertiary/aromatic N) is 1. The van der Waals surface area contributed by atoms with Crippen LogP contribution in [-0.2, 0) is 4.79 Å². The second-order valence-corrected chi connectivity index (χ2v) is 6.35. The fourth-order valence-corrected chi connectivity index (χ4v) is 3.27. The molecule has 0 radical (unpaired) electrons. The van der Waals surface area contributed by atoms with Gasteiger partial charge in [0.2, 0.25) is 0 Å². The lowest BCUT2D eigenvalue weighted by Crippen LogP contribution is -2.04. The predicted molar refractivity (Wildman–Crippen MR) is 94.1 cm³/mol. The van der Waals surface area contributed by atoms with E-state index in [9.17, 15) is 4.79 Å². The summed E-state index contributed by atoms with van der Waals surface area (Å²) >= 11 is 3.54. The summed E-state index contributed by atoms with van der Waals surface area (Å²) in [6.45, 7) is 3.90. The highest BCUT2D eigenvalue weighted by molar-refractivity contribution is 9.10. The van der Waals surface area contributed by atoms with Crippen molar-refractivity contribution >= 4 is 33.1 Å². The highest BCUT2D eigenvalue weighted by atomic mass is 79.9. The van der Waals surface area contributed by atoms with Crippen LogP contribution in [0.2, 0.25) is 0 Å². The molecule has 2 aromatic carbocycles. The molecular weight excluding hydrogens is 338 g/mol. The van der Waals surface area contributed by atoms with Crippen molar-refractivity contribution in [2.45, 2.75) is 19.8 Å². The molecule has 0 amide bonds. The number of hydrogen-bond donors (Lipinski definition) is 0. The van der Waals surface area contributed by atoms with Crippen LogP contribution in [0.25, 0.3) is 22.0 Å². The van der Waals surface area contributed by atoms with Gasteiger partial charge in [-0.1, -0.05) is 53.2 Å². The highest BCUT2D eigenvalue weighted by Gasteiger charge is 2.19. The molecule has 1 aromatic heterocycles. The van der Waals surface area contributed by atoms with Crippen molar-refractivity contribution in [3.8, 4) is 11.1 Å². The molecule has 0 saturated heterocycles. The van der Waals surface area contributed by atoms with Gasteiger partial charge >= 0.3 is 0 Å². The van der Waals surface area contributed by atoms with Crippen molar-refractivity contribution in [3.63, 3.8) is 0 Å². The first kappa shape index (κ1) is 14.9. The molecule has 1 atom stereocenters. The van der Waals surface area contributed by atoms with Gasteiger partial charge in [-0.2, -0.15) is 0 Å². The molecule has 0 spiro atoms. The number of carbonyl (C=O) groups is 1. The van der Waals surface area contributed by atoms with Gasteiger partial charge in [0.15, 0.2) is 0 Å². The molecule has 0 N–H and O–H groups in total. The summed E-state index contributed by atoms with van der Waals surface area (Å²) in [6.07, 6.45) is 0.986. The maximum Gasteiger partial charge on any atom is 0.127 e. The van der Waals surface area contributed by atoms with Crippen LogP contribution in [0.5, 0.6) is 0 Å². The van der Waals surface area contributed by atoms with Gasteiger partial charge in [0, 0.05) is 21.5 Å². The monoisotopic (exact) mass is 353 g/mol. The number of aldehydes is 1. The van der Waals surface area contributed by atoms with Gasteiger partial charge in [-0.25, -0.2) is 0 Å². The Morgan fingerprint density at radius 1 is 1.14 bits per heavy atom. The first-order chi connectivity index (χ1) is 10.6. The van der Waals surface area contributed by atoms with Crippen LogP contribution < -0.4 is 0 Å². The third kappa shape index (κ3) is 2.57. The van der Waals surface area contributed by atoms with Gasteiger partial charge in [-0.3, -0.25) is 4.98 Å². The van der Waals surface area contributed by atoms with E-state index in [1.54, 1.807) is 0 Å². The van der Waals surface area contributed by atoms with Crippen LogP contribution >= 0.6 is 15.9 Å². The van der Waals surface area contributed by atoms with E-state index in [4.69, 9.17) is 4.98 Å². The standard InChI is InChI=1S/C19H16BrNO/c1-12(11-22)18-13(2)21-17-9-8-15(20)10-16(17)19(18)14-6-4-3-5-7-14/h3-12H,1-2H3. The summed E-state index contributed by atoms with van der Waals surface area (Å²) in [5, 5.41) is 1.06. The zero-order valence-corrected chi connectivity index (χ0v) is 14.1. The summed E-state index contributed by atoms with van der Waals surface area (Å²) in [7, 11) is 0. The van der Waals surface area contributed by atoms with E-state index in [2.05, 4.69) is 34.1 Å². The molecule has 3 aromatic rings. The average molecular weight is 354 g/mol. The summed E-state index contributed by atoms with van der Waals surface area (Å²) in [4.78, 5) is 16.1. The minimum absolute atomic E-state index is 0.189. The summed E-state index contributed by atoms with van der Waals surface area (Å²) < 4.78 is 1.01. The van der Waals surface area contributed by atoms with Crippen LogP contribution in [0.1, 0.15) is 24.1 Å². The topological polar surface area (TPSA) is 30.0 Å². The van der Waals surface area contributed by atoms with Crippen molar-refractivity contribution in [2.24, 2.45) is 0 Å². The Hall–Kier alpha value is -2.00. The fourth-order valence-electron chi connectivity index (χ4n) is 2.91. The molecule has 0 bridgehead atoms. The van der Waals surface area contributed by atoms with Gasteiger partial charge in [-0.15, -0.1) is 0 Å². The van der Waals surface area contributed by atoms with Crippen molar-refractivity contribution < 1.29 is 4.79 Å². The smallest absolute Gasteiger partial charge is 0.127 e. The molecule has 1 heterocycles. The molecule has 0 saturated carbocycles. The van der Waals surface area contributed by atoms with Crippen molar-refractivity contribution in [1.82, 2.24) is 4.98 Å². The number of pyridine rings is 1. The molecule has 3 rings (SSSR count). The highest BCUT2D eigenvalue weighted by Crippen LogP contribution is 2.37. The Labute approximate surface area is 138 Å². The van der Waals surface area contributed by atoms with E-state index < -0.39 is 0 Å². The zero-order valence-electron chi connectivity index (χ0n) is 12.5. The fraction of sp³-hybridized carbons (Fsp3) is 0.158. The lowest BCUT2D eigenvalue weighted by molar-refractivity contribution is -0.108. The van der Waals surface area contributed by atoms with E-state index in [-0.39, 0.29) is 5.92 Å². The van der Waals surface area contributed by atoms with E-state index in [1.165, 1.54) is 0 Å². The summed E-state index contributed by atoms with van der Waals surface area (Å²) in [5.74, 6) is -0.189. The van der Waals surface area contributed by atoms with Gasteiger partial charge in [0.05, 0.1) is 5.52 Å².